The smallest absolute Gasteiger partial charge is 0.188 e. The van der Waals surface area contributed by atoms with Crippen LogP contribution in [-0.2, 0) is 4.79 Å². The molecule has 0 bridgehead atoms. The Labute approximate surface area is 175 Å². The quantitative estimate of drug-likeness (QED) is 0.295. The Morgan fingerprint density at radius 1 is 0.963 bits per heavy atom. The highest BCUT2D eigenvalue weighted by Crippen LogP contribution is 2.13. The van der Waals surface area contributed by atoms with Gasteiger partial charge in [0, 0.05) is 12.2 Å². The van der Waals surface area contributed by atoms with Crippen molar-refractivity contribution in [3.05, 3.63) is 30.6 Å². The molecule has 0 fully saturated rings. The molecule has 0 aliphatic rings. The number of hydrogen-bond acceptors (Lipinski definition) is 4. The fourth-order valence-electron chi connectivity index (χ4n) is 2.82. The van der Waals surface area contributed by atoms with E-state index in [1.807, 2.05) is 31.2 Å². The van der Waals surface area contributed by atoms with Crippen LogP contribution in [0.4, 0.5) is 0 Å². The number of carbonyl (C=O) groups is 1. The number of nitrogens with zero attached hydrogens (tertiary/aromatic N) is 2. The number of benzene rings is 1. The molecule has 0 aliphatic carbocycles. The van der Waals surface area contributed by atoms with Crippen molar-refractivity contribution in [2.24, 2.45) is 0 Å². The average molecular weight is 409 g/mol. The summed E-state index contributed by atoms with van der Waals surface area (Å²) in [6.07, 6.45) is 16.1. The van der Waals surface area contributed by atoms with Crippen LogP contribution in [-0.4, -0.2) is 19.8 Å². The lowest BCUT2D eigenvalue weighted by molar-refractivity contribution is -0.110. The van der Waals surface area contributed by atoms with Crippen molar-refractivity contribution in [2.75, 3.05) is 5.75 Å². The Kier molecular flexibility index (Phi) is 14.3. The molecule has 0 saturated heterocycles. The lowest BCUT2D eigenvalue weighted by Gasteiger charge is -2.02. The van der Waals surface area contributed by atoms with E-state index in [1.165, 1.54) is 76.0 Å². The molecule has 0 atom stereocenters. The van der Waals surface area contributed by atoms with Gasteiger partial charge in [-0.2, -0.15) is 0 Å². The zero-order chi connectivity index (χ0) is 19.7. The van der Waals surface area contributed by atoms with Crippen LogP contribution in [0.1, 0.15) is 84.5 Å². The van der Waals surface area contributed by atoms with E-state index in [1.54, 1.807) is 10.3 Å². The molecule has 0 radical (unpaired) electrons. The van der Waals surface area contributed by atoms with Gasteiger partial charge in [0.1, 0.15) is 6.33 Å². The minimum atomic E-state index is 0.348. The molecular weight excluding hydrogens is 372 g/mol. The predicted molar refractivity (Wildman–Crippen MR) is 124 cm³/mol. The predicted octanol–water partition coefficient (Wildman–Crippen LogP) is 7.31. The van der Waals surface area contributed by atoms with Gasteiger partial charge in [-0.1, -0.05) is 108 Å². The standard InChI is InChI=1S/C15H30OS.C7H6N2S/c1-3-5-6-7-8-9-10-11-12-13-14-17-15(16)4-2;10-9-5-8-6-3-1-2-4-7(6)9/h3-14H2,1-2H3;1-5,10H. The summed E-state index contributed by atoms with van der Waals surface area (Å²) in [4.78, 5) is 15.1. The first-order valence-electron chi connectivity index (χ1n) is 10.5. The molecule has 152 valence electrons. The van der Waals surface area contributed by atoms with Gasteiger partial charge in [-0.15, -0.1) is 0 Å². The molecule has 0 aliphatic heterocycles. The summed E-state index contributed by atoms with van der Waals surface area (Å²) in [6, 6.07) is 7.87. The maximum absolute atomic E-state index is 11.0. The number of hydrogen-bond donors (Lipinski definition) is 1. The molecule has 2 rings (SSSR count). The van der Waals surface area contributed by atoms with Crippen molar-refractivity contribution >= 4 is 40.7 Å². The van der Waals surface area contributed by atoms with Crippen LogP contribution >= 0.6 is 24.6 Å². The topological polar surface area (TPSA) is 34.9 Å². The van der Waals surface area contributed by atoms with Crippen LogP contribution in [0.3, 0.4) is 0 Å². The van der Waals surface area contributed by atoms with Crippen LogP contribution in [0.25, 0.3) is 11.0 Å². The van der Waals surface area contributed by atoms with E-state index >= 15 is 0 Å². The van der Waals surface area contributed by atoms with Crippen molar-refractivity contribution in [3.63, 3.8) is 0 Å². The number of imidazole rings is 1. The van der Waals surface area contributed by atoms with E-state index in [-0.39, 0.29) is 0 Å². The molecule has 1 aromatic carbocycles. The van der Waals surface area contributed by atoms with Gasteiger partial charge in [-0.05, 0) is 18.6 Å². The Bertz CT molecular complexity index is 628. The van der Waals surface area contributed by atoms with Crippen molar-refractivity contribution in [1.82, 2.24) is 8.96 Å². The van der Waals surface area contributed by atoms with Gasteiger partial charge < -0.3 is 0 Å². The second-order valence-electron chi connectivity index (χ2n) is 6.83. The third-order valence-corrected chi connectivity index (χ3v) is 5.91. The maximum Gasteiger partial charge on any atom is 0.188 e. The van der Waals surface area contributed by atoms with Crippen molar-refractivity contribution in [1.29, 1.82) is 0 Å². The van der Waals surface area contributed by atoms with E-state index in [4.69, 9.17) is 0 Å². The SMILES string of the molecule is CCCCCCCCCCCCSC(=O)CC.Sn1cnc2ccccc21. The van der Waals surface area contributed by atoms with Crippen LogP contribution in [0, 0.1) is 0 Å². The highest BCUT2D eigenvalue weighted by molar-refractivity contribution is 8.13. The minimum absolute atomic E-state index is 0.348. The zero-order valence-corrected chi connectivity index (χ0v) is 18.7. The third kappa shape index (κ3) is 11.5. The van der Waals surface area contributed by atoms with E-state index in [9.17, 15) is 4.79 Å². The molecule has 3 nitrogen and oxygen atoms in total. The Morgan fingerprint density at radius 3 is 2.15 bits per heavy atom. The van der Waals surface area contributed by atoms with E-state index in [2.05, 4.69) is 24.7 Å². The molecule has 1 heterocycles. The molecule has 1 aromatic heterocycles. The second-order valence-corrected chi connectivity index (χ2v) is 8.42. The molecule has 0 N–H and O–H groups in total. The Morgan fingerprint density at radius 2 is 1.56 bits per heavy atom. The van der Waals surface area contributed by atoms with Gasteiger partial charge in [-0.3, -0.25) is 8.77 Å². The van der Waals surface area contributed by atoms with E-state index in [0.717, 1.165) is 16.8 Å². The highest BCUT2D eigenvalue weighted by Gasteiger charge is 1.98. The maximum atomic E-state index is 11.0. The van der Waals surface area contributed by atoms with Gasteiger partial charge in [0.25, 0.3) is 0 Å². The number of fused-ring (bicyclic) bond motifs is 1. The molecule has 2 aromatic rings. The summed E-state index contributed by atoms with van der Waals surface area (Å²) in [6.45, 7) is 4.20. The van der Waals surface area contributed by atoms with Gasteiger partial charge in [0.15, 0.2) is 5.12 Å². The zero-order valence-electron chi connectivity index (χ0n) is 17.0. The van der Waals surface area contributed by atoms with Crippen LogP contribution in [0.5, 0.6) is 0 Å². The molecule has 0 amide bonds. The van der Waals surface area contributed by atoms with E-state index in [0.29, 0.717) is 11.5 Å². The lowest BCUT2D eigenvalue weighted by Crippen LogP contribution is -1.90. The number of unbranched alkanes of at least 4 members (excludes halogenated alkanes) is 9. The number of carbonyl (C=O) groups excluding carboxylic acids is 1. The van der Waals surface area contributed by atoms with Gasteiger partial charge in [0.2, 0.25) is 0 Å². The lowest BCUT2D eigenvalue weighted by atomic mass is 10.1. The number of para-hydroxylation sites is 2. The number of aromatic nitrogens is 2. The average Bonchev–Trinajstić information content (AvgIpc) is 3.07. The highest BCUT2D eigenvalue weighted by atomic mass is 32.2. The fourth-order valence-corrected chi connectivity index (χ4v) is 3.82. The molecule has 5 heteroatoms. The van der Waals surface area contributed by atoms with Crippen LogP contribution < -0.4 is 0 Å². The number of thioether (sulfide) groups is 1. The Hall–Kier alpha value is -0.940. The molecule has 0 saturated carbocycles. The Balaban J connectivity index is 0.000000303. The van der Waals surface area contributed by atoms with Crippen LogP contribution in [0.2, 0.25) is 0 Å². The summed E-state index contributed by atoms with van der Waals surface area (Å²) < 4.78 is 1.70. The van der Waals surface area contributed by atoms with Gasteiger partial charge in [0.05, 0.1) is 11.0 Å². The fraction of sp³-hybridized carbons (Fsp3) is 0.636. The van der Waals surface area contributed by atoms with Crippen molar-refractivity contribution in [2.45, 2.75) is 84.5 Å². The minimum Gasteiger partial charge on any atom is -0.287 e. The largest absolute Gasteiger partial charge is 0.287 e. The number of thiol groups is 1. The normalized spacial score (nSPS) is 10.6. The molecular formula is C22H36N2OS2. The first-order valence-corrected chi connectivity index (χ1v) is 11.8. The third-order valence-electron chi connectivity index (χ3n) is 4.48. The van der Waals surface area contributed by atoms with E-state index < -0.39 is 0 Å². The summed E-state index contributed by atoms with van der Waals surface area (Å²) in [5.74, 6) is 1.03. The summed E-state index contributed by atoms with van der Waals surface area (Å²) in [5.41, 5.74) is 2.03. The van der Waals surface area contributed by atoms with Crippen molar-refractivity contribution in [3.8, 4) is 0 Å². The summed E-state index contributed by atoms with van der Waals surface area (Å²) >= 11 is 5.67. The molecule has 0 spiro atoms. The molecule has 0 unspecified atom stereocenters. The van der Waals surface area contributed by atoms with Gasteiger partial charge >= 0.3 is 0 Å². The van der Waals surface area contributed by atoms with Crippen LogP contribution in [0.15, 0.2) is 30.6 Å². The monoisotopic (exact) mass is 408 g/mol. The molecule has 27 heavy (non-hydrogen) atoms. The number of rotatable bonds is 12. The summed E-state index contributed by atoms with van der Waals surface area (Å²) in [7, 11) is 0. The first kappa shape index (κ1) is 24.1. The van der Waals surface area contributed by atoms with Gasteiger partial charge in [-0.25, -0.2) is 4.98 Å². The second kappa shape index (κ2) is 16.1. The summed E-state index contributed by atoms with van der Waals surface area (Å²) in [5, 5.41) is 0.348. The van der Waals surface area contributed by atoms with Crippen molar-refractivity contribution < 1.29 is 4.79 Å². The first-order chi connectivity index (χ1) is 13.2.